The van der Waals surface area contributed by atoms with Gasteiger partial charge in [-0.15, -0.1) is 0 Å². The zero-order valence-electron chi connectivity index (χ0n) is 11.3. The molecule has 0 radical (unpaired) electrons. The second-order valence-corrected chi connectivity index (χ2v) is 4.92. The molecule has 110 valence electrons. The molecule has 5 nitrogen and oxygen atoms in total. The first-order valence-corrected chi connectivity index (χ1v) is 6.81. The van der Waals surface area contributed by atoms with E-state index in [1.165, 1.54) is 6.39 Å². The Hall–Kier alpha value is -2.66. The van der Waals surface area contributed by atoms with Gasteiger partial charge >= 0.3 is 5.97 Å². The van der Waals surface area contributed by atoms with Crippen LogP contribution in [0.4, 0.5) is 0 Å². The number of hydrogen-bond acceptors (Lipinski definition) is 5. The van der Waals surface area contributed by atoms with Gasteiger partial charge in [0, 0.05) is 5.56 Å². The van der Waals surface area contributed by atoms with E-state index in [4.69, 9.17) is 20.8 Å². The van der Waals surface area contributed by atoms with Crippen molar-refractivity contribution in [3.63, 3.8) is 0 Å². The number of carbonyl (C=O) groups excluding carboxylic acids is 2. The SMILES string of the molecule is O=C(OCC(=O)c1ccccc1Cl)c1ccc2ocnc2c1. The van der Waals surface area contributed by atoms with Crippen LogP contribution < -0.4 is 0 Å². The number of ether oxygens (including phenoxy) is 1. The molecule has 6 heteroatoms. The van der Waals surface area contributed by atoms with E-state index < -0.39 is 5.97 Å². The number of hydrogen-bond donors (Lipinski definition) is 0. The number of oxazole rings is 1. The fourth-order valence-corrected chi connectivity index (χ4v) is 2.21. The molecule has 0 amide bonds. The van der Waals surface area contributed by atoms with E-state index in [-0.39, 0.29) is 12.4 Å². The van der Waals surface area contributed by atoms with E-state index in [0.717, 1.165) is 0 Å². The van der Waals surface area contributed by atoms with Crippen LogP contribution in [-0.2, 0) is 4.74 Å². The Morgan fingerprint density at radius 1 is 1.18 bits per heavy atom. The van der Waals surface area contributed by atoms with Crippen molar-refractivity contribution in [2.45, 2.75) is 0 Å². The maximum absolute atomic E-state index is 12.0. The zero-order valence-corrected chi connectivity index (χ0v) is 12.0. The summed E-state index contributed by atoms with van der Waals surface area (Å²) in [5, 5.41) is 0.326. The average Bonchev–Trinajstić information content (AvgIpc) is 3.00. The van der Waals surface area contributed by atoms with Gasteiger partial charge in [-0.3, -0.25) is 4.79 Å². The first kappa shape index (κ1) is 14.3. The van der Waals surface area contributed by atoms with Gasteiger partial charge < -0.3 is 9.15 Å². The Balaban J connectivity index is 1.69. The molecular formula is C16H10ClNO4. The molecule has 0 N–H and O–H groups in total. The molecule has 2 aromatic carbocycles. The van der Waals surface area contributed by atoms with Crippen LogP contribution in [-0.4, -0.2) is 23.3 Å². The lowest BCUT2D eigenvalue weighted by atomic mass is 10.1. The van der Waals surface area contributed by atoms with E-state index in [0.29, 0.717) is 27.2 Å². The summed E-state index contributed by atoms with van der Waals surface area (Å²) in [5.41, 5.74) is 1.74. The molecule has 0 aliphatic carbocycles. The van der Waals surface area contributed by atoms with Crippen LogP contribution in [0.1, 0.15) is 20.7 Å². The lowest BCUT2D eigenvalue weighted by Gasteiger charge is -2.05. The van der Waals surface area contributed by atoms with Crippen LogP contribution in [0.15, 0.2) is 53.3 Å². The monoisotopic (exact) mass is 315 g/mol. The third kappa shape index (κ3) is 2.84. The average molecular weight is 316 g/mol. The standard InChI is InChI=1S/C16H10ClNO4/c17-12-4-2-1-3-11(12)14(19)8-21-16(20)10-5-6-15-13(7-10)18-9-22-15/h1-7,9H,8H2. The molecule has 0 unspecified atom stereocenters. The summed E-state index contributed by atoms with van der Waals surface area (Å²) in [6, 6.07) is 11.3. The third-order valence-electron chi connectivity index (χ3n) is 3.07. The van der Waals surface area contributed by atoms with Gasteiger partial charge in [-0.1, -0.05) is 23.7 Å². The van der Waals surface area contributed by atoms with Gasteiger partial charge in [-0.2, -0.15) is 0 Å². The van der Waals surface area contributed by atoms with Crippen molar-refractivity contribution in [1.29, 1.82) is 0 Å². The van der Waals surface area contributed by atoms with Crippen LogP contribution in [0.2, 0.25) is 5.02 Å². The summed E-state index contributed by atoms with van der Waals surface area (Å²) >= 11 is 5.92. The molecule has 0 aliphatic rings. The minimum absolute atomic E-state index is 0.299. The number of esters is 1. The van der Waals surface area contributed by atoms with Gasteiger partial charge in [0.15, 0.2) is 18.6 Å². The van der Waals surface area contributed by atoms with E-state index in [2.05, 4.69) is 4.98 Å². The predicted molar refractivity (Wildman–Crippen MR) is 80.1 cm³/mol. The number of ketones is 1. The van der Waals surface area contributed by atoms with Gasteiger partial charge in [-0.25, -0.2) is 9.78 Å². The van der Waals surface area contributed by atoms with Crippen molar-refractivity contribution in [2.24, 2.45) is 0 Å². The van der Waals surface area contributed by atoms with Crippen molar-refractivity contribution in [2.75, 3.05) is 6.61 Å². The van der Waals surface area contributed by atoms with E-state index in [1.807, 2.05) is 0 Å². The second-order valence-electron chi connectivity index (χ2n) is 4.51. The highest BCUT2D eigenvalue weighted by molar-refractivity contribution is 6.34. The molecular weight excluding hydrogens is 306 g/mol. The minimum atomic E-state index is -0.606. The minimum Gasteiger partial charge on any atom is -0.454 e. The third-order valence-corrected chi connectivity index (χ3v) is 3.40. The highest BCUT2D eigenvalue weighted by Gasteiger charge is 2.14. The second kappa shape index (κ2) is 5.99. The number of Topliss-reactive ketones (excluding diaryl/α,β-unsaturated/α-hetero) is 1. The summed E-state index contributed by atoms with van der Waals surface area (Å²) in [6.45, 7) is -0.376. The molecule has 0 saturated heterocycles. The van der Waals surface area contributed by atoms with Crippen molar-refractivity contribution in [3.8, 4) is 0 Å². The molecule has 0 fully saturated rings. The fraction of sp³-hybridized carbons (Fsp3) is 0.0625. The lowest BCUT2D eigenvalue weighted by Crippen LogP contribution is -2.14. The van der Waals surface area contributed by atoms with Gasteiger partial charge in [-0.05, 0) is 30.3 Å². The molecule has 1 aromatic heterocycles. The van der Waals surface area contributed by atoms with Crippen LogP contribution in [0.5, 0.6) is 0 Å². The highest BCUT2D eigenvalue weighted by atomic mass is 35.5. The molecule has 0 saturated carbocycles. The van der Waals surface area contributed by atoms with Crippen molar-refractivity contribution >= 4 is 34.5 Å². The van der Waals surface area contributed by atoms with E-state index >= 15 is 0 Å². The largest absolute Gasteiger partial charge is 0.454 e. The molecule has 3 rings (SSSR count). The summed E-state index contributed by atoms with van der Waals surface area (Å²) in [6.07, 6.45) is 1.29. The number of fused-ring (bicyclic) bond motifs is 1. The molecule has 3 aromatic rings. The number of rotatable bonds is 4. The number of nitrogens with zero attached hydrogens (tertiary/aromatic N) is 1. The topological polar surface area (TPSA) is 69.4 Å². The van der Waals surface area contributed by atoms with Crippen LogP contribution >= 0.6 is 11.6 Å². The van der Waals surface area contributed by atoms with Crippen molar-refractivity contribution < 1.29 is 18.7 Å². The van der Waals surface area contributed by atoms with Crippen LogP contribution in [0.3, 0.4) is 0 Å². The summed E-state index contributed by atoms with van der Waals surface area (Å²) in [7, 11) is 0. The van der Waals surface area contributed by atoms with Gasteiger partial charge in [0.1, 0.15) is 5.52 Å². The Morgan fingerprint density at radius 2 is 2.00 bits per heavy atom. The summed E-state index contributed by atoms with van der Waals surface area (Å²) < 4.78 is 10.1. The van der Waals surface area contributed by atoms with Crippen molar-refractivity contribution in [1.82, 2.24) is 4.98 Å². The van der Waals surface area contributed by atoms with Gasteiger partial charge in [0.2, 0.25) is 5.78 Å². The Labute approximate surface area is 130 Å². The first-order valence-electron chi connectivity index (χ1n) is 6.43. The molecule has 0 atom stereocenters. The predicted octanol–water partition coefficient (Wildman–Crippen LogP) is 3.52. The van der Waals surface area contributed by atoms with Gasteiger partial charge in [0.05, 0.1) is 10.6 Å². The number of benzene rings is 2. The number of halogens is 1. The maximum Gasteiger partial charge on any atom is 0.338 e. The highest BCUT2D eigenvalue weighted by Crippen LogP contribution is 2.17. The van der Waals surface area contributed by atoms with Crippen LogP contribution in [0, 0.1) is 0 Å². The van der Waals surface area contributed by atoms with E-state index in [9.17, 15) is 9.59 Å². The summed E-state index contributed by atoms with van der Waals surface area (Å²) in [4.78, 5) is 27.9. The van der Waals surface area contributed by atoms with Crippen LogP contribution in [0.25, 0.3) is 11.1 Å². The molecule has 0 bridgehead atoms. The summed E-state index contributed by atoms with van der Waals surface area (Å²) in [5.74, 6) is -0.966. The lowest BCUT2D eigenvalue weighted by molar-refractivity contribution is 0.0475. The maximum atomic E-state index is 12.0. The zero-order chi connectivity index (χ0) is 15.5. The van der Waals surface area contributed by atoms with E-state index in [1.54, 1.807) is 42.5 Å². The Kier molecular flexibility index (Phi) is 3.89. The quantitative estimate of drug-likeness (QED) is 0.544. The van der Waals surface area contributed by atoms with Gasteiger partial charge in [0.25, 0.3) is 0 Å². The number of aromatic nitrogens is 1. The normalized spacial score (nSPS) is 10.6. The van der Waals surface area contributed by atoms with Crippen molar-refractivity contribution in [3.05, 3.63) is 65.0 Å². The molecule has 0 spiro atoms. The number of carbonyl (C=O) groups is 2. The first-order chi connectivity index (χ1) is 10.6. The fourth-order valence-electron chi connectivity index (χ4n) is 1.96. The molecule has 1 heterocycles. The Morgan fingerprint density at radius 3 is 2.82 bits per heavy atom. The smallest absolute Gasteiger partial charge is 0.338 e. The Bertz CT molecular complexity index is 856. The molecule has 22 heavy (non-hydrogen) atoms. The molecule has 0 aliphatic heterocycles.